The van der Waals surface area contributed by atoms with Crippen molar-refractivity contribution in [2.75, 3.05) is 23.8 Å². The lowest BCUT2D eigenvalue weighted by Crippen LogP contribution is -2.33. The maximum absolute atomic E-state index is 4.92. The van der Waals surface area contributed by atoms with E-state index in [2.05, 4.69) is 37.9 Å². The lowest BCUT2D eigenvalue weighted by atomic mass is 10.2. The molecule has 1 saturated carbocycles. The minimum atomic E-state index is 0.465. The summed E-state index contributed by atoms with van der Waals surface area (Å²) < 4.78 is 0. The highest BCUT2D eigenvalue weighted by molar-refractivity contribution is 5.59. The summed E-state index contributed by atoms with van der Waals surface area (Å²) in [6.45, 7) is 9.97. The van der Waals surface area contributed by atoms with Crippen molar-refractivity contribution < 1.29 is 0 Å². The van der Waals surface area contributed by atoms with E-state index >= 15 is 0 Å². The van der Waals surface area contributed by atoms with Gasteiger partial charge in [0, 0.05) is 31.1 Å². The van der Waals surface area contributed by atoms with Gasteiger partial charge >= 0.3 is 0 Å². The third-order valence-corrected chi connectivity index (χ3v) is 4.21. The quantitative estimate of drug-likeness (QED) is 0.732. The number of hydrogen-bond acceptors (Lipinski definition) is 4. The van der Waals surface area contributed by atoms with E-state index in [4.69, 9.17) is 9.97 Å². The minimum Gasteiger partial charge on any atom is -0.373 e. The fourth-order valence-corrected chi connectivity index (χ4v) is 2.71. The molecule has 0 atom stereocenters. The van der Waals surface area contributed by atoms with Crippen LogP contribution in [0.2, 0.25) is 0 Å². The van der Waals surface area contributed by atoms with Crippen LogP contribution in [0.1, 0.15) is 70.2 Å². The molecule has 1 aliphatic carbocycles. The van der Waals surface area contributed by atoms with Crippen molar-refractivity contribution in [1.29, 1.82) is 0 Å². The first kappa shape index (κ1) is 16.1. The predicted molar refractivity (Wildman–Crippen MR) is 90.3 cm³/mol. The molecule has 0 amide bonds. The van der Waals surface area contributed by atoms with Crippen LogP contribution in [0.4, 0.5) is 11.6 Å². The summed E-state index contributed by atoms with van der Waals surface area (Å²) in [5.74, 6) is 3.73. The van der Waals surface area contributed by atoms with Gasteiger partial charge in [-0.1, -0.05) is 19.8 Å². The largest absolute Gasteiger partial charge is 0.373 e. The Morgan fingerprint density at radius 2 is 1.95 bits per heavy atom. The molecule has 118 valence electrons. The van der Waals surface area contributed by atoms with Crippen molar-refractivity contribution in [3.63, 3.8) is 0 Å². The lowest BCUT2D eigenvalue weighted by molar-refractivity contribution is 0.616. The molecular formula is C17H30N4. The van der Waals surface area contributed by atoms with Gasteiger partial charge < -0.3 is 10.2 Å². The van der Waals surface area contributed by atoms with Crippen LogP contribution in [-0.4, -0.2) is 29.6 Å². The molecule has 1 aliphatic rings. The first-order chi connectivity index (χ1) is 10.1. The van der Waals surface area contributed by atoms with E-state index < -0.39 is 0 Å². The molecule has 0 aliphatic heterocycles. The Kier molecular flexibility index (Phi) is 5.43. The Hall–Kier alpha value is -1.32. The second kappa shape index (κ2) is 7.10. The first-order valence-electron chi connectivity index (χ1n) is 8.41. The predicted octanol–water partition coefficient (Wildman–Crippen LogP) is 4.11. The first-order valence-corrected chi connectivity index (χ1v) is 8.41. The highest BCUT2D eigenvalue weighted by Crippen LogP contribution is 2.40. The van der Waals surface area contributed by atoms with E-state index in [0.29, 0.717) is 12.0 Å². The van der Waals surface area contributed by atoms with Crippen LogP contribution < -0.4 is 10.2 Å². The molecule has 1 aromatic rings. The van der Waals surface area contributed by atoms with E-state index in [-0.39, 0.29) is 0 Å². The summed E-state index contributed by atoms with van der Waals surface area (Å²) in [5.41, 5.74) is 1.17. The monoisotopic (exact) mass is 290 g/mol. The molecule has 0 radical (unpaired) electrons. The van der Waals surface area contributed by atoms with Gasteiger partial charge in [0.2, 0.25) is 0 Å². The molecule has 0 bridgehead atoms. The summed E-state index contributed by atoms with van der Waals surface area (Å²) in [6.07, 6.45) is 6.24. The standard InChI is InChI=1S/C17H30N4/c1-6-7-8-11-21(12(2)3)17-13(4)15(18-5)19-16(20-17)14-9-10-14/h12,14H,6-11H2,1-5H3,(H,18,19,20). The summed E-state index contributed by atoms with van der Waals surface area (Å²) in [6, 6.07) is 0.465. The molecular weight excluding hydrogens is 260 g/mol. The highest BCUT2D eigenvalue weighted by Gasteiger charge is 2.29. The van der Waals surface area contributed by atoms with E-state index in [0.717, 1.165) is 24.0 Å². The highest BCUT2D eigenvalue weighted by atomic mass is 15.2. The third kappa shape index (κ3) is 3.86. The summed E-state index contributed by atoms with van der Waals surface area (Å²) in [7, 11) is 1.95. The molecule has 2 rings (SSSR count). The summed E-state index contributed by atoms with van der Waals surface area (Å²) in [4.78, 5) is 12.1. The number of anilines is 2. The van der Waals surface area contributed by atoms with Gasteiger partial charge in [-0.15, -0.1) is 0 Å². The molecule has 0 saturated heterocycles. The van der Waals surface area contributed by atoms with Crippen LogP contribution in [0.5, 0.6) is 0 Å². The summed E-state index contributed by atoms with van der Waals surface area (Å²) >= 11 is 0. The van der Waals surface area contributed by atoms with Crippen molar-refractivity contribution in [2.45, 2.75) is 71.8 Å². The average molecular weight is 290 g/mol. The zero-order chi connectivity index (χ0) is 15.4. The van der Waals surface area contributed by atoms with Crippen LogP contribution in [0.25, 0.3) is 0 Å². The van der Waals surface area contributed by atoms with Gasteiger partial charge in [0.25, 0.3) is 0 Å². The van der Waals surface area contributed by atoms with E-state index in [1.807, 2.05) is 7.05 Å². The van der Waals surface area contributed by atoms with Gasteiger partial charge in [-0.05, 0) is 40.0 Å². The molecule has 0 aromatic carbocycles. The number of hydrogen-bond donors (Lipinski definition) is 1. The smallest absolute Gasteiger partial charge is 0.137 e. The zero-order valence-corrected chi connectivity index (χ0v) is 14.2. The Balaban J connectivity index is 2.30. The normalized spacial score (nSPS) is 14.6. The van der Waals surface area contributed by atoms with Crippen molar-refractivity contribution >= 4 is 11.6 Å². The average Bonchev–Trinajstić information content (AvgIpc) is 3.29. The number of rotatable bonds is 8. The van der Waals surface area contributed by atoms with Gasteiger partial charge in [0.1, 0.15) is 17.5 Å². The molecule has 1 aromatic heterocycles. The van der Waals surface area contributed by atoms with Gasteiger partial charge in [-0.25, -0.2) is 9.97 Å². The van der Waals surface area contributed by atoms with Crippen LogP contribution in [0.3, 0.4) is 0 Å². The maximum Gasteiger partial charge on any atom is 0.137 e. The maximum atomic E-state index is 4.92. The Morgan fingerprint density at radius 1 is 1.24 bits per heavy atom. The fourth-order valence-electron chi connectivity index (χ4n) is 2.71. The van der Waals surface area contributed by atoms with Crippen molar-refractivity contribution in [3.05, 3.63) is 11.4 Å². The number of nitrogens with one attached hydrogen (secondary N) is 1. The number of nitrogens with zero attached hydrogens (tertiary/aromatic N) is 3. The molecule has 1 N–H and O–H groups in total. The molecule has 0 spiro atoms. The molecule has 1 fully saturated rings. The molecule has 1 heterocycles. The van der Waals surface area contributed by atoms with Gasteiger partial charge in [-0.3, -0.25) is 0 Å². The molecule has 21 heavy (non-hydrogen) atoms. The Bertz CT molecular complexity index is 466. The van der Waals surface area contributed by atoms with Gasteiger partial charge in [0.15, 0.2) is 0 Å². The van der Waals surface area contributed by atoms with Crippen molar-refractivity contribution in [2.24, 2.45) is 0 Å². The Labute approximate surface area is 129 Å². The second-order valence-corrected chi connectivity index (χ2v) is 6.40. The van der Waals surface area contributed by atoms with Gasteiger partial charge in [0.05, 0.1) is 0 Å². The molecule has 0 unspecified atom stereocenters. The topological polar surface area (TPSA) is 41.1 Å². The lowest BCUT2D eigenvalue weighted by Gasteiger charge is -2.30. The fraction of sp³-hybridized carbons (Fsp3) is 0.765. The van der Waals surface area contributed by atoms with Crippen molar-refractivity contribution in [1.82, 2.24) is 9.97 Å². The van der Waals surface area contributed by atoms with Crippen molar-refractivity contribution in [3.8, 4) is 0 Å². The van der Waals surface area contributed by atoms with Crippen LogP contribution in [0, 0.1) is 6.92 Å². The number of unbranched alkanes of at least 4 members (excludes halogenated alkanes) is 2. The van der Waals surface area contributed by atoms with Crippen LogP contribution >= 0.6 is 0 Å². The third-order valence-electron chi connectivity index (χ3n) is 4.21. The second-order valence-electron chi connectivity index (χ2n) is 6.40. The number of aromatic nitrogens is 2. The Morgan fingerprint density at radius 3 is 2.48 bits per heavy atom. The van der Waals surface area contributed by atoms with E-state index in [9.17, 15) is 0 Å². The van der Waals surface area contributed by atoms with E-state index in [1.54, 1.807) is 0 Å². The minimum absolute atomic E-state index is 0.465. The van der Waals surface area contributed by atoms with Gasteiger partial charge in [-0.2, -0.15) is 0 Å². The molecule has 4 nitrogen and oxygen atoms in total. The van der Waals surface area contributed by atoms with Crippen LogP contribution in [0.15, 0.2) is 0 Å². The zero-order valence-electron chi connectivity index (χ0n) is 14.2. The summed E-state index contributed by atoms with van der Waals surface area (Å²) in [5, 5.41) is 3.24. The molecule has 4 heteroatoms. The van der Waals surface area contributed by atoms with E-state index in [1.165, 1.54) is 37.7 Å². The van der Waals surface area contributed by atoms with Crippen LogP contribution in [-0.2, 0) is 0 Å². The SMILES string of the molecule is CCCCCN(c1nc(C2CC2)nc(NC)c1C)C(C)C.